The van der Waals surface area contributed by atoms with Crippen LogP contribution in [0.25, 0.3) is 11.4 Å². The lowest BCUT2D eigenvalue weighted by Gasteiger charge is -2.24. The van der Waals surface area contributed by atoms with Crippen LogP contribution in [0.15, 0.2) is 51.8 Å². The molecule has 30 heavy (non-hydrogen) atoms. The van der Waals surface area contributed by atoms with Gasteiger partial charge >= 0.3 is 5.76 Å². The molecule has 3 aromatic rings. The van der Waals surface area contributed by atoms with Gasteiger partial charge in [-0.2, -0.15) is 0 Å². The van der Waals surface area contributed by atoms with Crippen LogP contribution in [0, 0.1) is 0 Å². The number of aromatic amines is 1. The van der Waals surface area contributed by atoms with E-state index in [1.165, 1.54) is 11.0 Å². The molecular formula is C20H16Cl2N4O4. The fourth-order valence-corrected chi connectivity index (χ4v) is 3.79. The maximum atomic E-state index is 13.0. The first-order chi connectivity index (χ1) is 14.4. The first-order valence-electron chi connectivity index (χ1n) is 9.15. The number of halogens is 2. The molecule has 2 heterocycles. The van der Waals surface area contributed by atoms with Crippen molar-refractivity contribution in [1.29, 1.82) is 0 Å². The molecule has 1 aliphatic rings. The van der Waals surface area contributed by atoms with Crippen LogP contribution in [-0.4, -0.2) is 39.4 Å². The average molecular weight is 447 g/mol. The van der Waals surface area contributed by atoms with Crippen LogP contribution < -0.4 is 11.1 Å². The van der Waals surface area contributed by atoms with Crippen LogP contribution in [0.3, 0.4) is 0 Å². The Morgan fingerprint density at radius 1 is 1.20 bits per heavy atom. The van der Waals surface area contributed by atoms with Crippen molar-refractivity contribution >= 4 is 40.7 Å². The minimum Gasteiger partial charge on any atom is -0.327 e. The predicted molar refractivity (Wildman–Crippen MR) is 112 cm³/mol. The molecule has 10 heteroatoms. The van der Waals surface area contributed by atoms with E-state index in [4.69, 9.17) is 23.2 Å². The summed E-state index contributed by atoms with van der Waals surface area (Å²) in [6.07, 6.45) is 1.23. The van der Waals surface area contributed by atoms with Crippen molar-refractivity contribution in [2.24, 2.45) is 0 Å². The third-order valence-corrected chi connectivity index (χ3v) is 5.38. The van der Waals surface area contributed by atoms with E-state index in [9.17, 15) is 14.4 Å². The van der Waals surface area contributed by atoms with Gasteiger partial charge in [0.05, 0.1) is 10.6 Å². The van der Waals surface area contributed by atoms with Gasteiger partial charge in [-0.1, -0.05) is 40.5 Å². The standard InChI is InChI=1S/C20H16Cl2N4O4/c21-12-6-7-15(22)14(10-12)19(28)26-8-2-5-16(26)18(27)23-13-4-1-3-11(9-13)17-24-20(29)30-25-17/h1,3-4,6-7,9-10,16H,2,5,8H2,(H,23,27)(H,24,25,29). The third-order valence-electron chi connectivity index (χ3n) is 4.82. The Hall–Kier alpha value is -3.10. The Bertz CT molecular complexity index is 1170. The minimum absolute atomic E-state index is 0.254. The number of anilines is 1. The molecule has 1 aromatic heterocycles. The molecule has 8 nitrogen and oxygen atoms in total. The molecule has 4 rings (SSSR count). The average Bonchev–Trinajstić information content (AvgIpc) is 3.39. The summed E-state index contributed by atoms with van der Waals surface area (Å²) in [5.41, 5.74) is 1.34. The number of H-pyrrole nitrogens is 1. The fraction of sp³-hybridized carbons (Fsp3) is 0.200. The van der Waals surface area contributed by atoms with Gasteiger partial charge in [-0.3, -0.25) is 19.1 Å². The highest BCUT2D eigenvalue weighted by atomic mass is 35.5. The van der Waals surface area contributed by atoms with Gasteiger partial charge in [0.25, 0.3) is 5.91 Å². The maximum Gasteiger partial charge on any atom is 0.439 e. The summed E-state index contributed by atoms with van der Waals surface area (Å²) in [6, 6.07) is 10.8. The van der Waals surface area contributed by atoms with Crippen molar-refractivity contribution < 1.29 is 14.1 Å². The largest absolute Gasteiger partial charge is 0.439 e. The van der Waals surface area contributed by atoms with Crippen molar-refractivity contribution in [2.75, 3.05) is 11.9 Å². The maximum absolute atomic E-state index is 13.0. The summed E-state index contributed by atoms with van der Waals surface area (Å²) in [7, 11) is 0. The van der Waals surface area contributed by atoms with Gasteiger partial charge in [-0.05, 0) is 43.2 Å². The first kappa shape index (κ1) is 20.2. The van der Waals surface area contributed by atoms with Crippen molar-refractivity contribution in [3.8, 4) is 11.4 Å². The summed E-state index contributed by atoms with van der Waals surface area (Å²) in [5.74, 6) is -1.07. The van der Waals surface area contributed by atoms with E-state index in [2.05, 4.69) is 20.0 Å². The van der Waals surface area contributed by atoms with Crippen molar-refractivity contribution in [3.05, 3.63) is 68.6 Å². The van der Waals surface area contributed by atoms with Crippen LogP contribution in [0.1, 0.15) is 23.2 Å². The SMILES string of the molecule is O=C(Nc1cccc(-c2noc(=O)[nH]2)c1)C1CCCN1C(=O)c1cc(Cl)ccc1Cl. The van der Waals surface area contributed by atoms with E-state index in [0.717, 1.165) is 0 Å². The molecule has 0 aliphatic carbocycles. The molecule has 1 unspecified atom stereocenters. The number of carbonyl (C=O) groups is 2. The van der Waals surface area contributed by atoms with Crippen molar-refractivity contribution in [1.82, 2.24) is 15.0 Å². The van der Waals surface area contributed by atoms with Crippen molar-refractivity contribution in [3.63, 3.8) is 0 Å². The second kappa shape index (κ2) is 8.33. The van der Waals surface area contributed by atoms with Gasteiger partial charge in [0, 0.05) is 22.8 Å². The molecule has 2 amide bonds. The number of benzene rings is 2. The Morgan fingerprint density at radius 3 is 2.80 bits per heavy atom. The molecule has 0 spiro atoms. The summed E-state index contributed by atoms with van der Waals surface area (Å²) < 4.78 is 4.51. The van der Waals surface area contributed by atoms with Gasteiger partial charge in [-0.25, -0.2) is 4.79 Å². The van der Waals surface area contributed by atoms with Gasteiger partial charge in [0.15, 0.2) is 5.82 Å². The zero-order chi connectivity index (χ0) is 21.3. The second-order valence-corrected chi connectivity index (χ2v) is 7.64. The lowest BCUT2D eigenvalue weighted by molar-refractivity contribution is -0.119. The number of nitrogens with one attached hydrogen (secondary N) is 2. The van der Waals surface area contributed by atoms with Gasteiger partial charge in [-0.15, -0.1) is 0 Å². The summed E-state index contributed by atoms with van der Waals surface area (Å²) >= 11 is 12.2. The molecule has 1 saturated heterocycles. The number of hydrogen-bond donors (Lipinski definition) is 2. The zero-order valence-corrected chi connectivity index (χ0v) is 17.0. The molecule has 0 saturated carbocycles. The van der Waals surface area contributed by atoms with E-state index in [1.54, 1.807) is 36.4 Å². The minimum atomic E-state index is -0.667. The fourth-order valence-electron chi connectivity index (χ4n) is 3.42. The van der Waals surface area contributed by atoms with Gasteiger partial charge < -0.3 is 10.2 Å². The quantitative estimate of drug-likeness (QED) is 0.636. The first-order valence-corrected chi connectivity index (χ1v) is 9.91. The molecule has 1 aliphatic heterocycles. The Kier molecular flexibility index (Phi) is 5.61. The number of aromatic nitrogens is 2. The van der Waals surface area contributed by atoms with E-state index < -0.39 is 11.8 Å². The number of likely N-dealkylation sites (tertiary alicyclic amines) is 1. The highest BCUT2D eigenvalue weighted by Crippen LogP contribution is 2.27. The number of amides is 2. The van der Waals surface area contributed by atoms with Crippen LogP contribution in [0.2, 0.25) is 10.0 Å². The van der Waals surface area contributed by atoms with E-state index >= 15 is 0 Å². The van der Waals surface area contributed by atoms with E-state index in [1.807, 2.05) is 0 Å². The summed E-state index contributed by atoms with van der Waals surface area (Å²) in [4.78, 5) is 41.0. The van der Waals surface area contributed by atoms with Gasteiger partial charge in [0.2, 0.25) is 5.91 Å². The van der Waals surface area contributed by atoms with E-state index in [-0.39, 0.29) is 28.2 Å². The number of hydrogen-bond acceptors (Lipinski definition) is 5. The third kappa shape index (κ3) is 4.10. The molecule has 2 aromatic carbocycles. The molecular weight excluding hydrogens is 431 g/mol. The number of carbonyl (C=O) groups excluding carboxylic acids is 2. The van der Waals surface area contributed by atoms with Crippen LogP contribution in [-0.2, 0) is 4.79 Å². The Morgan fingerprint density at radius 2 is 2.03 bits per heavy atom. The molecule has 2 N–H and O–H groups in total. The summed E-state index contributed by atoms with van der Waals surface area (Å²) in [5, 5.41) is 7.13. The van der Waals surface area contributed by atoms with Gasteiger partial charge in [0.1, 0.15) is 6.04 Å². The highest BCUT2D eigenvalue weighted by molar-refractivity contribution is 6.35. The highest BCUT2D eigenvalue weighted by Gasteiger charge is 2.35. The predicted octanol–water partition coefficient (Wildman–Crippen LogP) is 3.58. The lowest BCUT2D eigenvalue weighted by atomic mass is 10.1. The van der Waals surface area contributed by atoms with Crippen molar-refractivity contribution in [2.45, 2.75) is 18.9 Å². The zero-order valence-electron chi connectivity index (χ0n) is 15.5. The molecule has 1 atom stereocenters. The smallest absolute Gasteiger partial charge is 0.327 e. The Labute approximate surface area is 180 Å². The van der Waals surface area contributed by atoms with E-state index in [0.29, 0.717) is 35.7 Å². The topological polar surface area (TPSA) is 108 Å². The summed E-state index contributed by atoms with van der Waals surface area (Å²) in [6.45, 7) is 0.444. The number of rotatable bonds is 4. The molecule has 154 valence electrons. The number of nitrogens with zero attached hydrogens (tertiary/aromatic N) is 2. The van der Waals surface area contributed by atoms with Crippen LogP contribution in [0.4, 0.5) is 5.69 Å². The Balaban J connectivity index is 1.52. The lowest BCUT2D eigenvalue weighted by Crippen LogP contribution is -2.43. The second-order valence-electron chi connectivity index (χ2n) is 6.79. The molecule has 1 fully saturated rings. The monoisotopic (exact) mass is 446 g/mol. The van der Waals surface area contributed by atoms with Crippen LogP contribution in [0.5, 0.6) is 0 Å². The normalized spacial score (nSPS) is 15.9. The molecule has 0 radical (unpaired) electrons. The van der Waals surface area contributed by atoms with Crippen LogP contribution >= 0.6 is 23.2 Å². The molecule has 0 bridgehead atoms.